The van der Waals surface area contributed by atoms with Crippen LogP contribution < -0.4 is 10.5 Å². The van der Waals surface area contributed by atoms with Gasteiger partial charge in [0, 0.05) is 36.0 Å². The van der Waals surface area contributed by atoms with E-state index in [-0.39, 0.29) is 18.2 Å². The molecule has 0 bridgehead atoms. The van der Waals surface area contributed by atoms with Gasteiger partial charge in [-0.3, -0.25) is 14.5 Å². The van der Waals surface area contributed by atoms with Crippen LogP contribution in [-0.2, 0) is 9.59 Å². The van der Waals surface area contributed by atoms with Gasteiger partial charge >= 0.3 is 0 Å². The van der Waals surface area contributed by atoms with Crippen molar-refractivity contribution in [2.45, 2.75) is 51.0 Å². The van der Waals surface area contributed by atoms with Gasteiger partial charge in [-0.1, -0.05) is 30.5 Å². The molecule has 2 N–H and O–H groups in total. The predicted octanol–water partition coefficient (Wildman–Crippen LogP) is 3.08. The number of likely N-dealkylation sites (N-methyl/N-ethyl adjacent to an activating group) is 1. The van der Waals surface area contributed by atoms with Crippen LogP contribution in [0.4, 0.5) is 0 Å². The van der Waals surface area contributed by atoms with Crippen molar-refractivity contribution in [3.63, 3.8) is 0 Å². The number of ether oxygens (including phenoxy) is 1. The van der Waals surface area contributed by atoms with Crippen molar-refractivity contribution >= 4 is 23.4 Å². The zero-order valence-electron chi connectivity index (χ0n) is 17.2. The predicted molar refractivity (Wildman–Crippen MR) is 114 cm³/mol. The lowest BCUT2D eigenvalue weighted by Gasteiger charge is -2.42. The molecule has 0 unspecified atom stereocenters. The van der Waals surface area contributed by atoms with Gasteiger partial charge in [-0.05, 0) is 50.9 Å². The normalized spacial score (nSPS) is 22.8. The number of rotatable bonds is 8. The summed E-state index contributed by atoms with van der Waals surface area (Å²) >= 11 is 6.04. The topological polar surface area (TPSA) is 75.9 Å². The van der Waals surface area contributed by atoms with E-state index in [0.717, 1.165) is 19.4 Å². The maximum atomic E-state index is 13.0. The Morgan fingerprint density at radius 2 is 2.07 bits per heavy atom. The molecule has 6 nitrogen and oxygen atoms in total. The van der Waals surface area contributed by atoms with E-state index >= 15 is 0 Å². The molecule has 1 aliphatic carbocycles. The first-order valence-corrected chi connectivity index (χ1v) is 10.9. The summed E-state index contributed by atoms with van der Waals surface area (Å²) in [5.41, 5.74) is 5.09. The number of halogens is 1. The van der Waals surface area contributed by atoms with Crippen molar-refractivity contribution in [3.8, 4) is 5.75 Å². The highest BCUT2D eigenvalue weighted by Crippen LogP contribution is 2.35. The average Bonchev–Trinajstić information content (AvgIpc) is 3.21. The molecular formula is C22H32ClN3O3. The molecule has 1 aromatic rings. The van der Waals surface area contributed by atoms with Crippen LogP contribution in [0.2, 0.25) is 5.02 Å². The van der Waals surface area contributed by atoms with Crippen LogP contribution in [0, 0.1) is 5.41 Å². The number of nitrogens with two attached hydrogens (primary N) is 1. The van der Waals surface area contributed by atoms with Crippen molar-refractivity contribution in [1.29, 1.82) is 0 Å². The first-order chi connectivity index (χ1) is 13.9. The Balaban J connectivity index is 1.64. The van der Waals surface area contributed by atoms with Gasteiger partial charge in [0.1, 0.15) is 5.75 Å². The number of carbonyl (C=O) groups is 2. The van der Waals surface area contributed by atoms with Crippen LogP contribution in [0.5, 0.6) is 5.75 Å². The molecule has 1 heterocycles. The zero-order chi connectivity index (χ0) is 20.9. The van der Waals surface area contributed by atoms with Crippen LogP contribution in [-0.4, -0.2) is 60.9 Å². The van der Waals surface area contributed by atoms with Gasteiger partial charge < -0.3 is 15.4 Å². The molecule has 1 atom stereocenters. The molecule has 2 aliphatic rings. The van der Waals surface area contributed by atoms with Gasteiger partial charge in [-0.25, -0.2) is 0 Å². The van der Waals surface area contributed by atoms with Crippen molar-refractivity contribution in [2.24, 2.45) is 11.1 Å². The molecule has 0 aromatic heterocycles. The lowest BCUT2D eigenvalue weighted by atomic mass is 9.77. The number of hydrogen-bond donors (Lipinski definition) is 1. The first kappa shape index (κ1) is 21.9. The van der Waals surface area contributed by atoms with Crippen LogP contribution in [0.25, 0.3) is 0 Å². The summed E-state index contributed by atoms with van der Waals surface area (Å²) in [4.78, 5) is 28.8. The molecule has 0 spiro atoms. The third-order valence-corrected chi connectivity index (χ3v) is 6.47. The van der Waals surface area contributed by atoms with Crippen LogP contribution in [0.3, 0.4) is 0 Å². The smallest absolute Gasteiger partial charge is 0.236 e. The van der Waals surface area contributed by atoms with E-state index < -0.39 is 5.41 Å². The largest absolute Gasteiger partial charge is 0.493 e. The van der Waals surface area contributed by atoms with Crippen LogP contribution in [0.1, 0.15) is 44.9 Å². The molecule has 2 amide bonds. The number of piperidine rings is 1. The molecule has 3 rings (SSSR count). The quantitative estimate of drug-likeness (QED) is 0.699. The molecule has 1 aliphatic heterocycles. The number of amides is 2. The standard InChI is InChI=1S/C22H32ClN3O3/c1-25(18-7-2-3-8-18)14-21(28)26-11-5-10-22(15-26,13-20(24)27)16-29-19-9-4-6-17(23)12-19/h4,6,9,12,18H,2-3,5,7-8,10-11,13-16H2,1H3,(H2,24,27)/t22-/m1/s1. The summed E-state index contributed by atoms with van der Waals surface area (Å²) < 4.78 is 5.98. The maximum Gasteiger partial charge on any atom is 0.236 e. The number of carbonyl (C=O) groups excluding carboxylic acids is 2. The SMILES string of the molecule is CN(CC(=O)N1CCC[C@@](COc2cccc(Cl)c2)(CC(N)=O)C1)C1CCCC1. The summed E-state index contributed by atoms with van der Waals surface area (Å²) in [5, 5.41) is 0.599. The number of primary amides is 1. The number of benzene rings is 1. The summed E-state index contributed by atoms with van der Waals surface area (Å²) in [6.07, 6.45) is 6.68. The highest BCUT2D eigenvalue weighted by Gasteiger charge is 2.39. The van der Waals surface area contributed by atoms with E-state index in [2.05, 4.69) is 4.90 Å². The van der Waals surface area contributed by atoms with Gasteiger partial charge in [0.05, 0.1) is 13.2 Å². The third kappa shape index (κ3) is 6.09. The molecule has 29 heavy (non-hydrogen) atoms. The Bertz CT molecular complexity index is 723. The van der Waals surface area contributed by atoms with E-state index in [1.54, 1.807) is 12.1 Å². The van der Waals surface area contributed by atoms with E-state index in [1.165, 1.54) is 25.7 Å². The lowest BCUT2D eigenvalue weighted by Crippen LogP contribution is -2.52. The Hall–Kier alpha value is -1.79. The molecule has 1 saturated heterocycles. The summed E-state index contributed by atoms with van der Waals surface area (Å²) in [6, 6.07) is 7.71. The summed E-state index contributed by atoms with van der Waals surface area (Å²) in [5.74, 6) is 0.415. The van der Waals surface area contributed by atoms with E-state index in [0.29, 0.717) is 36.5 Å². The minimum Gasteiger partial charge on any atom is -0.493 e. The van der Waals surface area contributed by atoms with Crippen molar-refractivity contribution < 1.29 is 14.3 Å². The zero-order valence-corrected chi connectivity index (χ0v) is 18.0. The van der Waals surface area contributed by atoms with Gasteiger partial charge in [0.2, 0.25) is 11.8 Å². The highest BCUT2D eigenvalue weighted by atomic mass is 35.5. The Morgan fingerprint density at radius 1 is 1.31 bits per heavy atom. The second-order valence-electron chi connectivity index (χ2n) is 8.66. The third-order valence-electron chi connectivity index (χ3n) is 6.24. The molecule has 160 valence electrons. The molecule has 1 saturated carbocycles. The van der Waals surface area contributed by atoms with Crippen molar-refractivity contribution in [1.82, 2.24) is 9.80 Å². The van der Waals surface area contributed by atoms with Gasteiger partial charge in [0.25, 0.3) is 0 Å². The Kier molecular flexibility index (Phi) is 7.41. The first-order valence-electron chi connectivity index (χ1n) is 10.5. The van der Waals surface area contributed by atoms with Crippen molar-refractivity contribution in [3.05, 3.63) is 29.3 Å². The molecule has 1 aromatic carbocycles. The molecule has 2 fully saturated rings. The molecule has 0 radical (unpaired) electrons. The maximum absolute atomic E-state index is 13.0. The number of nitrogens with zero attached hydrogens (tertiary/aromatic N) is 2. The lowest BCUT2D eigenvalue weighted by molar-refractivity contribution is -0.138. The molecular weight excluding hydrogens is 390 g/mol. The minimum absolute atomic E-state index is 0.121. The average molecular weight is 422 g/mol. The fourth-order valence-electron chi connectivity index (χ4n) is 4.68. The van der Waals surface area contributed by atoms with E-state index in [4.69, 9.17) is 22.1 Å². The molecule has 7 heteroatoms. The monoisotopic (exact) mass is 421 g/mol. The fraction of sp³-hybridized carbons (Fsp3) is 0.636. The summed E-state index contributed by atoms with van der Waals surface area (Å²) in [7, 11) is 2.04. The Labute approximate surface area is 178 Å². The van der Waals surface area contributed by atoms with Crippen LogP contribution in [0.15, 0.2) is 24.3 Å². The van der Waals surface area contributed by atoms with E-state index in [9.17, 15) is 9.59 Å². The van der Waals surface area contributed by atoms with Crippen LogP contribution >= 0.6 is 11.6 Å². The van der Waals surface area contributed by atoms with Gasteiger partial charge in [0.15, 0.2) is 0 Å². The number of likely N-dealkylation sites (tertiary alicyclic amines) is 1. The number of hydrogen-bond acceptors (Lipinski definition) is 4. The van der Waals surface area contributed by atoms with Crippen molar-refractivity contribution in [2.75, 3.05) is 33.3 Å². The summed E-state index contributed by atoms with van der Waals surface area (Å²) in [6.45, 7) is 1.97. The van der Waals surface area contributed by atoms with E-state index in [1.807, 2.05) is 24.1 Å². The van der Waals surface area contributed by atoms with Gasteiger partial charge in [-0.2, -0.15) is 0 Å². The second-order valence-corrected chi connectivity index (χ2v) is 9.10. The highest BCUT2D eigenvalue weighted by molar-refractivity contribution is 6.30. The minimum atomic E-state index is -0.464. The second kappa shape index (κ2) is 9.81. The Morgan fingerprint density at radius 3 is 2.76 bits per heavy atom. The fourth-order valence-corrected chi connectivity index (χ4v) is 4.86. The van der Waals surface area contributed by atoms with Gasteiger partial charge in [-0.15, -0.1) is 0 Å².